The minimum Gasteiger partial charge on any atom is -0.322 e. The van der Waals surface area contributed by atoms with E-state index in [9.17, 15) is 14.4 Å². The van der Waals surface area contributed by atoms with Crippen LogP contribution in [0.5, 0.6) is 0 Å². The van der Waals surface area contributed by atoms with Crippen LogP contribution < -0.4 is 10.2 Å². The van der Waals surface area contributed by atoms with Crippen molar-refractivity contribution in [1.29, 1.82) is 0 Å². The van der Waals surface area contributed by atoms with Crippen molar-refractivity contribution in [3.63, 3.8) is 0 Å². The van der Waals surface area contributed by atoms with Gasteiger partial charge in [0.2, 0.25) is 11.6 Å². The van der Waals surface area contributed by atoms with Crippen molar-refractivity contribution in [3.05, 3.63) is 59.1 Å². The maximum atomic E-state index is 13.5. The second kappa shape index (κ2) is 6.63. The minimum absolute atomic E-state index is 0.170. The third-order valence-corrected chi connectivity index (χ3v) is 5.53. The molecule has 144 valence electrons. The van der Waals surface area contributed by atoms with Crippen molar-refractivity contribution in [2.75, 3.05) is 10.2 Å². The monoisotopic (exact) mass is 397 g/mol. The predicted molar refractivity (Wildman–Crippen MR) is 107 cm³/mol. The fraction of sp³-hybridized carbons (Fsp3) is 0.286. The molecule has 0 bridgehead atoms. The summed E-state index contributed by atoms with van der Waals surface area (Å²) in [5.74, 6) is -0.822. The lowest BCUT2D eigenvalue weighted by Crippen LogP contribution is -2.70. The number of rotatable bonds is 3. The summed E-state index contributed by atoms with van der Waals surface area (Å²) < 4.78 is 0. The Balaban J connectivity index is 1.85. The molecule has 1 N–H and O–H groups in total. The van der Waals surface area contributed by atoms with E-state index in [4.69, 9.17) is 11.6 Å². The molecule has 7 heteroatoms. The lowest BCUT2D eigenvalue weighted by Gasteiger charge is -2.50. The molecule has 2 aromatic rings. The van der Waals surface area contributed by atoms with Gasteiger partial charge in [-0.3, -0.25) is 19.3 Å². The normalized spacial score (nSPS) is 21.0. The molecular formula is C21H20ClN3O3. The van der Waals surface area contributed by atoms with E-state index in [1.54, 1.807) is 48.5 Å². The maximum Gasteiger partial charge on any atom is 0.271 e. The van der Waals surface area contributed by atoms with Gasteiger partial charge < -0.3 is 10.2 Å². The largest absolute Gasteiger partial charge is 0.322 e. The topological polar surface area (TPSA) is 69.7 Å². The van der Waals surface area contributed by atoms with Crippen molar-refractivity contribution in [2.45, 2.75) is 38.4 Å². The van der Waals surface area contributed by atoms with E-state index in [1.807, 2.05) is 13.8 Å². The number of amides is 3. The van der Waals surface area contributed by atoms with Crippen LogP contribution >= 0.6 is 11.6 Å². The smallest absolute Gasteiger partial charge is 0.271 e. The van der Waals surface area contributed by atoms with E-state index in [2.05, 4.69) is 5.32 Å². The molecule has 2 aromatic carbocycles. The number of carbonyl (C=O) groups excluding carboxylic acids is 3. The molecule has 2 heterocycles. The summed E-state index contributed by atoms with van der Waals surface area (Å²) in [6.45, 7) is 3.70. The van der Waals surface area contributed by atoms with Gasteiger partial charge in [0.15, 0.2) is 0 Å². The van der Waals surface area contributed by atoms with Crippen LogP contribution in [0, 0.1) is 0 Å². The fourth-order valence-electron chi connectivity index (χ4n) is 4.17. The van der Waals surface area contributed by atoms with Crippen LogP contribution in [0.15, 0.2) is 48.5 Å². The molecule has 0 aromatic heterocycles. The molecule has 0 saturated carbocycles. The van der Waals surface area contributed by atoms with Gasteiger partial charge in [0.1, 0.15) is 0 Å². The van der Waals surface area contributed by atoms with Gasteiger partial charge in [0.05, 0.1) is 11.3 Å². The van der Waals surface area contributed by atoms with Crippen LogP contribution in [0.25, 0.3) is 0 Å². The number of carbonyl (C=O) groups is 3. The average molecular weight is 398 g/mol. The van der Waals surface area contributed by atoms with Gasteiger partial charge in [0, 0.05) is 29.6 Å². The molecule has 28 heavy (non-hydrogen) atoms. The Kier molecular flexibility index (Phi) is 4.38. The number of para-hydroxylation sites is 1. The first-order valence-corrected chi connectivity index (χ1v) is 9.57. The molecule has 0 aliphatic carbocycles. The summed E-state index contributed by atoms with van der Waals surface area (Å²) >= 11 is 5.93. The van der Waals surface area contributed by atoms with Gasteiger partial charge in [-0.25, -0.2) is 0 Å². The van der Waals surface area contributed by atoms with E-state index in [0.717, 1.165) is 0 Å². The second-order valence-corrected chi connectivity index (χ2v) is 7.73. The predicted octanol–water partition coefficient (Wildman–Crippen LogP) is 3.67. The highest BCUT2D eigenvalue weighted by Gasteiger charge is 2.61. The Morgan fingerprint density at radius 2 is 1.79 bits per heavy atom. The standard InChI is InChI=1S/C21H20ClN3O3/c1-13(2)24-19(27)16-5-3-4-6-17(16)25-18(26)11-12-21(24,25)20(28)23-15-9-7-14(22)8-10-15/h3-10,13H,11-12H2,1-2H3,(H,23,28)/t21-/m0/s1. The summed E-state index contributed by atoms with van der Waals surface area (Å²) in [6, 6.07) is 13.4. The highest BCUT2D eigenvalue weighted by molar-refractivity contribution is 6.30. The molecule has 3 amide bonds. The van der Waals surface area contributed by atoms with Crippen LogP contribution in [0.4, 0.5) is 11.4 Å². The molecule has 0 unspecified atom stereocenters. The van der Waals surface area contributed by atoms with Crippen LogP contribution in [0.3, 0.4) is 0 Å². The highest BCUT2D eigenvalue weighted by atomic mass is 35.5. The SMILES string of the molecule is CC(C)N1C(=O)c2ccccc2N2C(=O)CC[C@@]21C(=O)Nc1ccc(Cl)cc1. The number of hydrogen-bond donors (Lipinski definition) is 1. The third-order valence-electron chi connectivity index (χ3n) is 5.28. The number of nitrogens with zero attached hydrogens (tertiary/aromatic N) is 2. The van der Waals surface area contributed by atoms with E-state index in [-0.39, 0.29) is 30.7 Å². The lowest BCUT2D eigenvalue weighted by molar-refractivity contribution is -0.129. The number of benzene rings is 2. The zero-order valence-electron chi connectivity index (χ0n) is 15.6. The van der Waals surface area contributed by atoms with E-state index in [1.165, 1.54) is 9.80 Å². The van der Waals surface area contributed by atoms with Gasteiger partial charge in [-0.05, 0) is 50.2 Å². The van der Waals surface area contributed by atoms with Crippen molar-refractivity contribution in [1.82, 2.24) is 4.90 Å². The first-order chi connectivity index (χ1) is 13.4. The van der Waals surface area contributed by atoms with E-state index >= 15 is 0 Å². The number of halogens is 1. The molecule has 1 saturated heterocycles. The highest BCUT2D eigenvalue weighted by Crippen LogP contribution is 2.45. The van der Waals surface area contributed by atoms with Crippen molar-refractivity contribution in [2.24, 2.45) is 0 Å². The average Bonchev–Trinajstić information content (AvgIpc) is 3.02. The second-order valence-electron chi connectivity index (χ2n) is 7.29. The van der Waals surface area contributed by atoms with Crippen LogP contribution in [0.2, 0.25) is 5.02 Å². The molecule has 0 radical (unpaired) electrons. The van der Waals surface area contributed by atoms with Gasteiger partial charge in [0.25, 0.3) is 11.8 Å². The van der Waals surface area contributed by atoms with Crippen LogP contribution in [0.1, 0.15) is 37.0 Å². The van der Waals surface area contributed by atoms with Gasteiger partial charge >= 0.3 is 0 Å². The zero-order valence-corrected chi connectivity index (χ0v) is 16.4. The van der Waals surface area contributed by atoms with Crippen molar-refractivity contribution < 1.29 is 14.4 Å². The van der Waals surface area contributed by atoms with Crippen LogP contribution in [-0.2, 0) is 9.59 Å². The molecule has 1 atom stereocenters. The number of fused-ring (bicyclic) bond motifs is 3. The summed E-state index contributed by atoms with van der Waals surface area (Å²) in [6.07, 6.45) is 0.433. The Morgan fingerprint density at radius 3 is 2.46 bits per heavy atom. The number of anilines is 2. The third kappa shape index (κ3) is 2.59. The molecule has 0 spiro atoms. The Hall–Kier alpha value is -2.86. The first-order valence-electron chi connectivity index (χ1n) is 9.19. The van der Waals surface area contributed by atoms with Gasteiger partial charge in [-0.15, -0.1) is 0 Å². The molecular weight excluding hydrogens is 378 g/mol. The lowest BCUT2D eigenvalue weighted by atomic mass is 9.94. The Morgan fingerprint density at radius 1 is 1.11 bits per heavy atom. The Labute approximate surface area is 168 Å². The van der Waals surface area contributed by atoms with Gasteiger partial charge in [-0.1, -0.05) is 23.7 Å². The molecule has 6 nitrogen and oxygen atoms in total. The van der Waals surface area contributed by atoms with Crippen LogP contribution in [-0.4, -0.2) is 34.3 Å². The number of hydrogen-bond acceptors (Lipinski definition) is 3. The first kappa shape index (κ1) is 18.5. The maximum absolute atomic E-state index is 13.5. The minimum atomic E-state index is -1.39. The van der Waals surface area contributed by atoms with Gasteiger partial charge in [-0.2, -0.15) is 0 Å². The molecule has 4 rings (SSSR count). The number of nitrogens with one attached hydrogen (secondary N) is 1. The molecule has 2 aliphatic rings. The quantitative estimate of drug-likeness (QED) is 0.859. The van der Waals surface area contributed by atoms with E-state index in [0.29, 0.717) is 22.0 Å². The van der Waals surface area contributed by atoms with E-state index < -0.39 is 11.6 Å². The molecule has 2 aliphatic heterocycles. The fourth-order valence-corrected chi connectivity index (χ4v) is 4.30. The van der Waals surface area contributed by atoms with Crippen molar-refractivity contribution in [3.8, 4) is 0 Å². The summed E-state index contributed by atoms with van der Waals surface area (Å²) in [5.41, 5.74) is 0.0775. The summed E-state index contributed by atoms with van der Waals surface area (Å²) in [4.78, 5) is 42.7. The van der Waals surface area contributed by atoms with Crippen molar-refractivity contribution >= 4 is 40.7 Å². The summed E-state index contributed by atoms with van der Waals surface area (Å²) in [7, 11) is 0. The summed E-state index contributed by atoms with van der Waals surface area (Å²) in [5, 5.41) is 3.43. The molecule has 1 fully saturated rings. The zero-order chi connectivity index (χ0) is 20.1. The Bertz CT molecular complexity index is 973.